The van der Waals surface area contributed by atoms with Crippen LogP contribution in [0.4, 0.5) is 0 Å². The molecule has 0 aliphatic rings. The maximum atomic E-state index is 6.16. The molecular formula is C19H17ClN4OS. The van der Waals surface area contributed by atoms with Crippen LogP contribution in [0.25, 0.3) is 11.0 Å². The molecule has 2 aromatic heterocycles. The van der Waals surface area contributed by atoms with Crippen molar-refractivity contribution in [3.63, 3.8) is 0 Å². The molecule has 0 spiro atoms. The Morgan fingerprint density at radius 2 is 1.96 bits per heavy atom. The molecule has 26 heavy (non-hydrogen) atoms. The highest BCUT2D eigenvalue weighted by atomic mass is 35.5. The number of hydrogen-bond acceptors (Lipinski definition) is 5. The van der Waals surface area contributed by atoms with Crippen molar-refractivity contribution in [1.82, 2.24) is 19.7 Å². The summed E-state index contributed by atoms with van der Waals surface area (Å²) in [6.45, 7) is 4.59. The van der Waals surface area contributed by atoms with Crippen LogP contribution in [-0.2, 0) is 6.54 Å². The molecule has 0 N–H and O–H groups in total. The Bertz CT molecular complexity index is 1040. The molecule has 4 aromatic rings. The number of aryl methyl sites for hydroxylation is 1. The first-order valence-corrected chi connectivity index (χ1v) is 9.52. The first-order valence-electron chi connectivity index (χ1n) is 8.27. The molecule has 132 valence electrons. The molecule has 1 atom stereocenters. The maximum Gasteiger partial charge on any atom is 0.239 e. The quantitative estimate of drug-likeness (QED) is 0.438. The minimum Gasteiger partial charge on any atom is -0.338 e. The second-order valence-corrected chi connectivity index (χ2v) is 7.78. The zero-order valence-electron chi connectivity index (χ0n) is 14.4. The van der Waals surface area contributed by atoms with E-state index in [2.05, 4.69) is 26.8 Å². The van der Waals surface area contributed by atoms with Crippen molar-refractivity contribution in [3.8, 4) is 0 Å². The first kappa shape index (κ1) is 17.1. The Morgan fingerprint density at radius 1 is 1.15 bits per heavy atom. The van der Waals surface area contributed by atoms with Crippen molar-refractivity contribution in [2.75, 3.05) is 0 Å². The number of hydrogen-bond donors (Lipinski definition) is 0. The molecule has 2 aromatic carbocycles. The minimum absolute atomic E-state index is 0.00184. The van der Waals surface area contributed by atoms with Crippen molar-refractivity contribution in [2.45, 2.75) is 30.8 Å². The topological polar surface area (TPSA) is 56.7 Å². The van der Waals surface area contributed by atoms with Gasteiger partial charge in [0, 0.05) is 5.02 Å². The lowest BCUT2D eigenvalue weighted by atomic mass is 10.2. The molecule has 0 amide bonds. The standard InChI is InChI=1S/C19H17ClN4OS/c1-12(18-21-13(2)23-25-18)26-19-22-16-10-15(20)8-9-17(16)24(19)11-14-6-4-3-5-7-14/h3-10,12H,11H2,1-2H3. The number of fused-ring (bicyclic) bond motifs is 1. The summed E-state index contributed by atoms with van der Waals surface area (Å²) in [6.07, 6.45) is 0. The lowest BCUT2D eigenvalue weighted by molar-refractivity contribution is 0.376. The van der Waals surface area contributed by atoms with Crippen LogP contribution >= 0.6 is 23.4 Å². The van der Waals surface area contributed by atoms with E-state index in [0.717, 1.165) is 22.7 Å². The van der Waals surface area contributed by atoms with Gasteiger partial charge >= 0.3 is 0 Å². The third kappa shape index (κ3) is 3.48. The molecule has 2 heterocycles. The number of benzene rings is 2. The van der Waals surface area contributed by atoms with E-state index in [1.54, 1.807) is 11.8 Å². The smallest absolute Gasteiger partial charge is 0.239 e. The van der Waals surface area contributed by atoms with Gasteiger partial charge in [0.1, 0.15) is 0 Å². The van der Waals surface area contributed by atoms with Crippen LogP contribution in [0, 0.1) is 6.92 Å². The first-order chi connectivity index (χ1) is 12.6. The number of halogens is 1. The van der Waals surface area contributed by atoms with Gasteiger partial charge in [0.2, 0.25) is 5.89 Å². The summed E-state index contributed by atoms with van der Waals surface area (Å²) in [5.41, 5.74) is 3.14. The Labute approximate surface area is 160 Å². The number of imidazole rings is 1. The lowest BCUT2D eigenvalue weighted by Gasteiger charge is -2.11. The predicted molar refractivity (Wildman–Crippen MR) is 104 cm³/mol. The monoisotopic (exact) mass is 384 g/mol. The van der Waals surface area contributed by atoms with E-state index in [1.165, 1.54) is 5.56 Å². The van der Waals surface area contributed by atoms with E-state index >= 15 is 0 Å². The second-order valence-electron chi connectivity index (χ2n) is 6.04. The van der Waals surface area contributed by atoms with E-state index in [0.29, 0.717) is 16.7 Å². The molecule has 4 rings (SSSR count). The van der Waals surface area contributed by atoms with E-state index in [-0.39, 0.29) is 5.25 Å². The number of aromatic nitrogens is 4. The molecule has 0 saturated carbocycles. The van der Waals surface area contributed by atoms with Crippen molar-refractivity contribution in [2.24, 2.45) is 0 Å². The van der Waals surface area contributed by atoms with Crippen LogP contribution in [0.15, 0.2) is 58.2 Å². The summed E-state index contributed by atoms with van der Waals surface area (Å²) in [5.74, 6) is 1.24. The molecule has 5 nitrogen and oxygen atoms in total. The molecule has 0 radical (unpaired) electrons. The second kappa shape index (κ2) is 7.13. The molecule has 0 fully saturated rings. The average Bonchev–Trinajstić information content (AvgIpc) is 3.20. The number of nitrogens with zero attached hydrogens (tertiary/aromatic N) is 4. The van der Waals surface area contributed by atoms with Crippen LogP contribution in [0.2, 0.25) is 5.02 Å². The largest absolute Gasteiger partial charge is 0.338 e. The lowest BCUT2D eigenvalue weighted by Crippen LogP contribution is -2.02. The van der Waals surface area contributed by atoms with Gasteiger partial charge in [0.15, 0.2) is 11.0 Å². The highest BCUT2D eigenvalue weighted by Crippen LogP contribution is 2.36. The van der Waals surface area contributed by atoms with Crippen molar-refractivity contribution in [1.29, 1.82) is 0 Å². The summed E-state index contributed by atoms with van der Waals surface area (Å²) >= 11 is 7.76. The van der Waals surface area contributed by atoms with Crippen molar-refractivity contribution in [3.05, 3.63) is 70.8 Å². The van der Waals surface area contributed by atoms with E-state index in [9.17, 15) is 0 Å². The SMILES string of the molecule is Cc1noc(C(C)Sc2nc3cc(Cl)ccc3n2Cc2ccccc2)n1. The Balaban J connectivity index is 1.73. The van der Waals surface area contributed by atoms with Crippen LogP contribution in [0.5, 0.6) is 0 Å². The zero-order chi connectivity index (χ0) is 18.1. The fourth-order valence-electron chi connectivity index (χ4n) is 2.78. The fourth-order valence-corrected chi connectivity index (χ4v) is 3.90. The van der Waals surface area contributed by atoms with Crippen molar-refractivity contribution >= 4 is 34.4 Å². The summed E-state index contributed by atoms with van der Waals surface area (Å²) < 4.78 is 7.51. The summed E-state index contributed by atoms with van der Waals surface area (Å²) in [5, 5.41) is 5.46. The molecule has 7 heteroatoms. The van der Waals surface area contributed by atoms with Gasteiger partial charge in [-0.05, 0) is 37.6 Å². The normalized spacial score (nSPS) is 12.6. The molecule has 0 aliphatic heterocycles. The molecular weight excluding hydrogens is 368 g/mol. The Kier molecular flexibility index (Phi) is 4.70. The molecule has 0 aliphatic carbocycles. The molecule has 0 bridgehead atoms. The van der Waals surface area contributed by atoms with Crippen LogP contribution in [0.3, 0.4) is 0 Å². The highest BCUT2D eigenvalue weighted by Gasteiger charge is 2.20. The van der Waals surface area contributed by atoms with E-state index < -0.39 is 0 Å². The van der Waals surface area contributed by atoms with E-state index in [1.807, 2.05) is 50.2 Å². The van der Waals surface area contributed by atoms with Crippen molar-refractivity contribution < 1.29 is 4.52 Å². The van der Waals surface area contributed by atoms with Gasteiger partial charge in [-0.25, -0.2) is 4.98 Å². The fraction of sp³-hybridized carbons (Fsp3) is 0.211. The Hall–Kier alpha value is -2.31. The van der Waals surface area contributed by atoms with Gasteiger partial charge in [0.25, 0.3) is 0 Å². The predicted octanol–water partition coefficient (Wildman–Crippen LogP) is 5.28. The summed E-state index contributed by atoms with van der Waals surface area (Å²) in [6, 6.07) is 16.1. The van der Waals surface area contributed by atoms with Gasteiger partial charge in [-0.2, -0.15) is 4.98 Å². The maximum absolute atomic E-state index is 6.16. The highest BCUT2D eigenvalue weighted by molar-refractivity contribution is 7.99. The van der Waals surface area contributed by atoms with Crippen LogP contribution in [0.1, 0.15) is 29.5 Å². The number of rotatable bonds is 5. The molecule has 0 saturated heterocycles. The van der Waals surface area contributed by atoms with Gasteiger partial charge in [-0.1, -0.05) is 58.9 Å². The average molecular weight is 385 g/mol. The summed E-state index contributed by atoms with van der Waals surface area (Å²) in [7, 11) is 0. The summed E-state index contributed by atoms with van der Waals surface area (Å²) in [4.78, 5) is 9.13. The Morgan fingerprint density at radius 3 is 2.69 bits per heavy atom. The number of thioether (sulfide) groups is 1. The third-order valence-corrected chi connectivity index (χ3v) is 5.34. The minimum atomic E-state index is -0.00184. The molecule has 1 unspecified atom stereocenters. The van der Waals surface area contributed by atoms with Crippen LogP contribution < -0.4 is 0 Å². The zero-order valence-corrected chi connectivity index (χ0v) is 16.0. The van der Waals surface area contributed by atoms with E-state index in [4.69, 9.17) is 21.1 Å². The van der Waals surface area contributed by atoms with Gasteiger partial charge < -0.3 is 9.09 Å². The van der Waals surface area contributed by atoms with Gasteiger partial charge in [-0.3, -0.25) is 0 Å². The van der Waals surface area contributed by atoms with Crippen LogP contribution in [-0.4, -0.2) is 19.7 Å². The van der Waals surface area contributed by atoms with Gasteiger partial charge in [0.05, 0.1) is 22.8 Å². The third-order valence-electron chi connectivity index (χ3n) is 4.03. The van der Waals surface area contributed by atoms with Gasteiger partial charge in [-0.15, -0.1) is 0 Å².